The number of benzene rings is 2. The lowest BCUT2D eigenvalue weighted by atomic mass is 9.97. The Balaban J connectivity index is 2.47. The molecule has 39 heavy (non-hydrogen) atoms. The predicted octanol–water partition coefficient (Wildman–Crippen LogP) is 3.83. The zero-order chi connectivity index (χ0) is 29.2. The van der Waals surface area contributed by atoms with Gasteiger partial charge in [-0.3, -0.25) is 14.4 Å². The highest BCUT2D eigenvalue weighted by Gasteiger charge is 2.36. The van der Waals surface area contributed by atoms with Crippen LogP contribution in [0.3, 0.4) is 0 Å². The molecule has 0 heterocycles. The molecule has 0 radical (unpaired) electrons. The van der Waals surface area contributed by atoms with Crippen molar-refractivity contribution in [3.63, 3.8) is 0 Å². The van der Waals surface area contributed by atoms with Crippen molar-refractivity contribution in [3.8, 4) is 0 Å². The molecule has 9 nitrogen and oxygen atoms in total. The zero-order valence-electron chi connectivity index (χ0n) is 23.5. The van der Waals surface area contributed by atoms with Gasteiger partial charge >= 0.3 is 6.09 Å². The van der Waals surface area contributed by atoms with Crippen LogP contribution in [0.4, 0.5) is 4.79 Å². The minimum absolute atomic E-state index is 0.0122. The summed E-state index contributed by atoms with van der Waals surface area (Å²) in [6.45, 7) is 13.0. The van der Waals surface area contributed by atoms with E-state index in [1.54, 1.807) is 26.8 Å². The second-order valence-corrected chi connectivity index (χ2v) is 10.4. The largest absolute Gasteiger partial charge is 0.444 e. The summed E-state index contributed by atoms with van der Waals surface area (Å²) in [6, 6.07) is 12.8. The molecule has 0 aliphatic heterocycles. The number of primary amides is 1. The van der Waals surface area contributed by atoms with Crippen molar-refractivity contribution in [2.24, 2.45) is 5.73 Å². The summed E-state index contributed by atoms with van der Waals surface area (Å²) >= 11 is 0. The van der Waals surface area contributed by atoms with Crippen LogP contribution in [0.2, 0.25) is 0 Å². The van der Waals surface area contributed by atoms with E-state index in [2.05, 4.69) is 17.2 Å². The molecule has 0 saturated heterocycles. The Morgan fingerprint density at radius 3 is 2.28 bits per heavy atom. The maximum atomic E-state index is 14.0. The third-order valence-corrected chi connectivity index (χ3v) is 5.99. The quantitative estimate of drug-likeness (QED) is 0.355. The van der Waals surface area contributed by atoms with Gasteiger partial charge < -0.3 is 26.0 Å². The minimum Gasteiger partial charge on any atom is -0.444 e. The Hall–Kier alpha value is -4.14. The number of aryl methyl sites for hydroxylation is 2. The summed E-state index contributed by atoms with van der Waals surface area (Å²) in [5.41, 5.74) is 8.03. The lowest BCUT2D eigenvalue weighted by Gasteiger charge is -2.34. The summed E-state index contributed by atoms with van der Waals surface area (Å²) in [5.74, 6) is -1.59. The van der Waals surface area contributed by atoms with Gasteiger partial charge in [-0.15, -0.1) is 6.58 Å². The highest BCUT2D eigenvalue weighted by Crippen LogP contribution is 2.25. The summed E-state index contributed by atoms with van der Waals surface area (Å²) in [7, 11) is 0. The number of carbonyl (C=O) groups is 4. The van der Waals surface area contributed by atoms with Crippen molar-refractivity contribution < 1.29 is 23.9 Å². The van der Waals surface area contributed by atoms with E-state index >= 15 is 0 Å². The van der Waals surface area contributed by atoms with E-state index in [1.165, 1.54) is 11.0 Å². The fourth-order valence-corrected chi connectivity index (χ4v) is 3.94. The van der Waals surface area contributed by atoms with Crippen molar-refractivity contribution >= 4 is 23.8 Å². The average molecular weight is 537 g/mol. The second kappa shape index (κ2) is 14.1. The van der Waals surface area contributed by atoms with Crippen molar-refractivity contribution in [1.29, 1.82) is 0 Å². The molecule has 2 aromatic carbocycles. The van der Waals surface area contributed by atoms with E-state index in [4.69, 9.17) is 10.5 Å². The normalized spacial score (nSPS) is 12.5. The molecule has 0 aromatic heterocycles. The number of rotatable bonds is 12. The molecule has 2 atom stereocenters. The van der Waals surface area contributed by atoms with Crippen LogP contribution >= 0.6 is 0 Å². The number of hydrogen-bond donors (Lipinski definition) is 3. The lowest BCUT2D eigenvalue weighted by molar-refractivity contribution is -0.142. The number of alkyl carbamates (subject to hydrolysis) is 1. The smallest absolute Gasteiger partial charge is 0.408 e. The molecular weight excluding hydrogens is 496 g/mol. The van der Waals surface area contributed by atoms with Gasteiger partial charge in [0.15, 0.2) is 0 Å². The maximum Gasteiger partial charge on any atom is 0.408 e. The van der Waals surface area contributed by atoms with Crippen molar-refractivity contribution in [1.82, 2.24) is 15.5 Å². The molecule has 0 spiro atoms. The zero-order valence-corrected chi connectivity index (χ0v) is 23.5. The first-order valence-electron chi connectivity index (χ1n) is 12.9. The number of nitrogens with two attached hydrogens (primary N) is 1. The first kappa shape index (κ1) is 31.1. The van der Waals surface area contributed by atoms with Crippen LogP contribution in [0.1, 0.15) is 61.9 Å². The van der Waals surface area contributed by atoms with Gasteiger partial charge in [0.1, 0.15) is 17.7 Å². The van der Waals surface area contributed by atoms with E-state index < -0.39 is 41.5 Å². The highest BCUT2D eigenvalue weighted by atomic mass is 16.6. The third-order valence-electron chi connectivity index (χ3n) is 5.99. The van der Waals surface area contributed by atoms with Gasteiger partial charge in [0.25, 0.3) is 0 Å². The van der Waals surface area contributed by atoms with Gasteiger partial charge in [-0.05, 0) is 63.3 Å². The first-order chi connectivity index (χ1) is 18.3. The van der Waals surface area contributed by atoms with Crippen LogP contribution in [0.5, 0.6) is 0 Å². The number of nitrogens with one attached hydrogen (secondary N) is 2. The van der Waals surface area contributed by atoms with E-state index in [9.17, 15) is 19.2 Å². The van der Waals surface area contributed by atoms with Crippen LogP contribution in [-0.2, 0) is 25.7 Å². The summed E-state index contributed by atoms with van der Waals surface area (Å²) in [4.78, 5) is 53.2. The molecule has 0 aliphatic rings. The molecule has 0 fully saturated rings. The number of ether oxygens (including phenoxy) is 1. The fraction of sp³-hybridized carbons (Fsp3) is 0.400. The minimum atomic E-state index is -1.16. The monoisotopic (exact) mass is 536 g/mol. The molecule has 2 unspecified atom stereocenters. The molecule has 0 bridgehead atoms. The van der Waals surface area contributed by atoms with Gasteiger partial charge in [-0.2, -0.15) is 0 Å². The fourth-order valence-electron chi connectivity index (χ4n) is 3.94. The van der Waals surface area contributed by atoms with Gasteiger partial charge in [0.05, 0.1) is 0 Å². The SMILES string of the molecule is C=CCN(C(=O)C(CCC(N)=O)NC(=O)OC(C)(C)C)C(C(=O)NCc1ccccc1)c1ccc(C)c(C)c1. The van der Waals surface area contributed by atoms with E-state index in [0.717, 1.165) is 16.7 Å². The molecule has 4 N–H and O–H groups in total. The van der Waals surface area contributed by atoms with Gasteiger partial charge in [0, 0.05) is 19.5 Å². The molecule has 2 rings (SSSR count). The highest BCUT2D eigenvalue weighted by molar-refractivity contribution is 5.92. The molecule has 9 heteroatoms. The van der Waals surface area contributed by atoms with E-state index in [0.29, 0.717) is 5.56 Å². The summed E-state index contributed by atoms with van der Waals surface area (Å²) in [6.07, 6.45) is 0.476. The average Bonchev–Trinajstić information content (AvgIpc) is 2.86. The van der Waals surface area contributed by atoms with Crippen molar-refractivity contribution in [3.05, 3.63) is 83.4 Å². The Kier molecular flexibility index (Phi) is 11.3. The van der Waals surface area contributed by atoms with Gasteiger partial charge in [-0.1, -0.05) is 54.6 Å². The molecule has 2 aromatic rings. The Labute approximate surface area is 230 Å². The Morgan fingerprint density at radius 2 is 1.72 bits per heavy atom. The van der Waals surface area contributed by atoms with Crippen LogP contribution in [0.15, 0.2) is 61.2 Å². The third kappa shape index (κ3) is 9.92. The predicted molar refractivity (Wildman–Crippen MR) is 150 cm³/mol. The number of hydrogen-bond acceptors (Lipinski definition) is 5. The van der Waals surface area contributed by atoms with E-state index in [1.807, 2.05) is 56.3 Å². The molecular formula is C30H40N4O5. The summed E-state index contributed by atoms with van der Waals surface area (Å²) < 4.78 is 5.34. The van der Waals surface area contributed by atoms with Crippen molar-refractivity contribution in [2.75, 3.05) is 6.54 Å². The number of amides is 4. The standard InChI is InChI=1S/C30H40N4O5/c1-7-17-34(28(37)24(15-16-25(31)35)33-29(38)39-30(4,5)6)26(23-14-13-20(2)21(3)18-23)27(36)32-19-22-11-9-8-10-12-22/h7-14,18,24,26H,1,15-17,19H2,2-6H3,(H2,31,35)(H,32,36)(H,33,38). The molecule has 0 saturated carbocycles. The van der Waals surface area contributed by atoms with Gasteiger partial charge in [-0.25, -0.2) is 4.79 Å². The van der Waals surface area contributed by atoms with Crippen LogP contribution < -0.4 is 16.4 Å². The molecule has 4 amide bonds. The van der Waals surface area contributed by atoms with Crippen LogP contribution in [0.25, 0.3) is 0 Å². The summed E-state index contributed by atoms with van der Waals surface area (Å²) in [5, 5.41) is 5.50. The second-order valence-electron chi connectivity index (χ2n) is 10.4. The van der Waals surface area contributed by atoms with E-state index in [-0.39, 0.29) is 25.9 Å². The lowest BCUT2D eigenvalue weighted by Crippen LogP contribution is -2.53. The molecule has 0 aliphatic carbocycles. The maximum absolute atomic E-state index is 14.0. The van der Waals surface area contributed by atoms with Gasteiger partial charge in [0.2, 0.25) is 17.7 Å². The van der Waals surface area contributed by atoms with Crippen LogP contribution in [0, 0.1) is 13.8 Å². The van der Waals surface area contributed by atoms with Crippen molar-refractivity contribution in [2.45, 2.75) is 71.7 Å². The Bertz CT molecular complexity index is 1170. The number of carbonyl (C=O) groups excluding carboxylic acids is 4. The van der Waals surface area contributed by atoms with Crippen LogP contribution in [-0.4, -0.2) is 46.9 Å². The number of nitrogens with zero attached hydrogens (tertiary/aromatic N) is 1. The Morgan fingerprint density at radius 1 is 1.05 bits per heavy atom. The first-order valence-corrected chi connectivity index (χ1v) is 12.9. The topological polar surface area (TPSA) is 131 Å². The molecule has 210 valence electrons.